The molecule has 1 rings (SSSR count). The normalized spacial score (nSPS) is 28.2. The van der Waals surface area contributed by atoms with Gasteiger partial charge in [0.25, 0.3) is 0 Å². The third-order valence-electron chi connectivity index (χ3n) is 3.16. The Hall–Kier alpha value is -0.130. The first-order chi connectivity index (χ1) is 7.47. The van der Waals surface area contributed by atoms with Crippen LogP contribution in [0.2, 0.25) is 0 Å². The molecule has 0 spiro atoms. The summed E-state index contributed by atoms with van der Waals surface area (Å²) in [7, 11) is -2.99. The minimum atomic E-state index is -2.99. The Morgan fingerprint density at radius 3 is 2.69 bits per heavy atom. The Morgan fingerprint density at radius 1 is 1.50 bits per heavy atom. The Balaban J connectivity index is 2.45. The second-order valence-corrected chi connectivity index (χ2v) is 6.86. The van der Waals surface area contributed by atoms with Crippen LogP contribution in [0.5, 0.6) is 0 Å². The predicted molar refractivity (Wildman–Crippen MR) is 65.4 cm³/mol. The van der Waals surface area contributed by atoms with Crippen molar-refractivity contribution in [2.45, 2.75) is 51.0 Å². The third-order valence-corrected chi connectivity index (χ3v) is 5.50. The molecule has 0 saturated carbocycles. The molecule has 4 nitrogen and oxygen atoms in total. The molecule has 1 fully saturated rings. The van der Waals surface area contributed by atoms with Crippen molar-refractivity contribution in [1.29, 1.82) is 0 Å². The van der Waals surface area contributed by atoms with E-state index in [1.54, 1.807) is 0 Å². The zero-order valence-electron chi connectivity index (χ0n) is 10.4. The molecule has 0 bridgehead atoms. The van der Waals surface area contributed by atoms with Crippen LogP contribution in [-0.2, 0) is 14.6 Å². The topological polar surface area (TPSA) is 55.4 Å². The van der Waals surface area contributed by atoms with Gasteiger partial charge in [-0.3, -0.25) is 0 Å². The third kappa shape index (κ3) is 3.71. The predicted octanol–water partition coefficient (Wildman–Crippen LogP) is 0.967. The Morgan fingerprint density at radius 2 is 2.19 bits per heavy atom. The molecule has 0 aromatic rings. The van der Waals surface area contributed by atoms with Crippen LogP contribution in [0, 0.1) is 0 Å². The van der Waals surface area contributed by atoms with E-state index in [1.807, 2.05) is 20.8 Å². The second-order valence-electron chi connectivity index (χ2n) is 4.52. The first kappa shape index (κ1) is 13.9. The van der Waals surface area contributed by atoms with Gasteiger partial charge < -0.3 is 10.1 Å². The highest BCUT2D eigenvalue weighted by molar-refractivity contribution is 7.92. The summed E-state index contributed by atoms with van der Waals surface area (Å²) in [6.45, 7) is 7.35. The van der Waals surface area contributed by atoms with Crippen molar-refractivity contribution in [2.24, 2.45) is 0 Å². The molecule has 1 N–H and O–H groups in total. The van der Waals surface area contributed by atoms with Crippen LogP contribution in [0.3, 0.4) is 0 Å². The Bertz CT molecular complexity index is 302. The van der Waals surface area contributed by atoms with Gasteiger partial charge in [-0.1, -0.05) is 6.92 Å². The van der Waals surface area contributed by atoms with Gasteiger partial charge in [0.2, 0.25) is 0 Å². The van der Waals surface area contributed by atoms with Gasteiger partial charge in [0.1, 0.15) is 0 Å². The second kappa shape index (κ2) is 5.98. The zero-order valence-corrected chi connectivity index (χ0v) is 11.2. The lowest BCUT2D eigenvalue weighted by Crippen LogP contribution is -2.33. The van der Waals surface area contributed by atoms with E-state index in [1.165, 1.54) is 0 Å². The van der Waals surface area contributed by atoms with Gasteiger partial charge in [0.05, 0.1) is 17.1 Å². The summed E-state index contributed by atoms with van der Waals surface area (Å²) in [5, 5.41) is 2.93. The molecule has 0 aromatic heterocycles. The maximum Gasteiger partial charge on any atom is 0.155 e. The summed E-state index contributed by atoms with van der Waals surface area (Å²) < 4.78 is 29.4. The molecular formula is C11H23NO3S. The maximum atomic E-state index is 12.0. The highest BCUT2D eigenvalue weighted by Gasteiger charge is 2.35. The van der Waals surface area contributed by atoms with E-state index >= 15 is 0 Å². The number of rotatable bonds is 6. The van der Waals surface area contributed by atoms with Gasteiger partial charge in [-0.2, -0.15) is 0 Å². The van der Waals surface area contributed by atoms with Crippen LogP contribution in [-0.4, -0.2) is 44.7 Å². The highest BCUT2D eigenvalue weighted by atomic mass is 32.2. The summed E-state index contributed by atoms with van der Waals surface area (Å²) in [4.78, 5) is 0. The van der Waals surface area contributed by atoms with E-state index in [9.17, 15) is 8.42 Å². The summed E-state index contributed by atoms with van der Waals surface area (Å²) in [5.41, 5.74) is 0. The lowest BCUT2D eigenvalue weighted by molar-refractivity contribution is 0.126. The molecule has 1 saturated heterocycles. The van der Waals surface area contributed by atoms with Crippen molar-refractivity contribution in [3.63, 3.8) is 0 Å². The molecule has 5 heteroatoms. The minimum absolute atomic E-state index is 0.139. The monoisotopic (exact) mass is 249 g/mol. The average molecular weight is 249 g/mol. The van der Waals surface area contributed by atoms with Gasteiger partial charge in [-0.05, 0) is 33.2 Å². The molecule has 1 aliphatic heterocycles. The lowest BCUT2D eigenvalue weighted by Gasteiger charge is -2.17. The molecule has 16 heavy (non-hydrogen) atoms. The standard InChI is InChI=1S/C11H23NO3S/c1-4-12-9(2)6-8-16(13,14)11-5-7-15-10(11)3/h9-12H,4-8H2,1-3H3. The Kier molecular flexibility index (Phi) is 5.21. The fourth-order valence-electron chi connectivity index (χ4n) is 2.13. The van der Waals surface area contributed by atoms with Crippen molar-refractivity contribution in [3.8, 4) is 0 Å². The quantitative estimate of drug-likeness (QED) is 0.762. The van der Waals surface area contributed by atoms with Gasteiger partial charge in [0, 0.05) is 12.6 Å². The molecule has 1 aliphatic rings. The smallest absolute Gasteiger partial charge is 0.155 e. The lowest BCUT2D eigenvalue weighted by atomic mass is 10.2. The number of nitrogens with one attached hydrogen (secondary N) is 1. The number of hydrogen-bond donors (Lipinski definition) is 1. The van der Waals surface area contributed by atoms with E-state index in [2.05, 4.69) is 5.32 Å². The van der Waals surface area contributed by atoms with Gasteiger partial charge in [-0.15, -0.1) is 0 Å². The van der Waals surface area contributed by atoms with Crippen LogP contribution < -0.4 is 5.32 Å². The maximum absolute atomic E-state index is 12.0. The molecular weight excluding hydrogens is 226 g/mol. The van der Waals surface area contributed by atoms with Gasteiger partial charge in [0.15, 0.2) is 9.84 Å². The van der Waals surface area contributed by atoms with Crippen molar-refractivity contribution >= 4 is 9.84 Å². The van der Waals surface area contributed by atoms with Crippen LogP contribution in [0.1, 0.15) is 33.6 Å². The molecule has 3 unspecified atom stereocenters. The first-order valence-corrected chi connectivity index (χ1v) is 7.75. The minimum Gasteiger partial charge on any atom is -0.377 e. The fourth-order valence-corrected chi connectivity index (χ4v) is 4.23. The average Bonchev–Trinajstić information content (AvgIpc) is 2.63. The van der Waals surface area contributed by atoms with E-state index in [0.717, 1.165) is 6.54 Å². The molecule has 0 amide bonds. The van der Waals surface area contributed by atoms with Crippen molar-refractivity contribution in [2.75, 3.05) is 18.9 Å². The van der Waals surface area contributed by atoms with E-state index in [4.69, 9.17) is 4.74 Å². The molecule has 0 aromatic carbocycles. The van der Waals surface area contributed by atoms with Crippen molar-refractivity contribution < 1.29 is 13.2 Å². The van der Waals surface area contributed by atoms with Gasteiger partial charge >= 0.3 is 0 Å². The van der Waals surface area contributed by atoms with Crippen LogP contribution in [0.15, 0.2) is 0 Å². The fraction of sp³-hybridized carbons (Fsp3) is 1.00. The van der Waals surface area contributed by atoms with Gasteiger partial charge in [-0.25, -0.2) is 8.42 Å². The molecule has 1 heterocycles. The van der Waals surface area contributed by atoms with E-state index in [0.29, 0.717) is 19.4 Å². The van der Waals surface area contributed by atoms with E-state index < -0.39 is 9.84 Å². The zero-order chi connectivity index (χ0) is 12.2. The van der Waals surface area contributed by atoms with E-state index in [-0.39, 0.29) is 23.1 Å². The number of ether oxygens (including phenoxy) is 1. The molecule has 0 radical (unpaired) electrons. The van der Waals surface area contributed by atoms with Crippen LogP contribution >= 0.6 is 0 Å². The van der Waals surface area contributed by atoms with Crippen LogP contribution in [0.4, 0.5) is 0 Å². The summed E-state index contributed by atoms with van der Waals surface area (Å²) in [6.07, 6.45) is 1.19. The first-order valence-electron chi connectivity index (χ1n) is 6.04. The van der Waals surface area contributed by atoms with Crippen molar-refractivity contribution in [3.05, 3.63) is 0 Å². The summed E-state index contributed by atoms with van der Waals surface area (Å²) in [5.74, 6) is 0.263. The molecule has 3 atom stereocenters. The highest BCUT2D eigenvalue weighted by Crippen LogP contribution is 2.22. The Labute approximate surface area is 98.7 Å². The molecule has 96 valence electrons. The van der Waals surface area contributed by atoms with Crippen LogP contribution in [0.25, 0.3) is 0 Å². The molecule has 0 aliphatic carbocycles. The SMILES string of the molecule is CCNC(C)CCS(=O)(=O)C1CCOC1C. The number of sulfone groups is 1. The summed E-state index contributed by atoms with van der Waals surface area (Å²) >= 11 is 0. The summed E-state index contributed by atoms with van der Waals surface area (Å²) in [6, 6.07) is 0.261. The van der Waals surface area contributed by atoms with Crippen molar-refractivity contribution in [1.82, 2.24) is 5.32 Å². The largest absolute Gasteiger partial charge is 0.377 e. The number of hydrogen-bond acceptors (Lipinski definition) is 4.